The molecule has 0 radical (unpaired) electrons. The quantitative estimate of drug-likeness (QED) is 0.654. The molecule has 2 fully saturated rings. The molecule has 10 nitrogen and oxygen atoms in total. The van der Waals surface area contributed by atoms with Gasteiger partial charge in [-0.15, -0.1) is 0 Å². The van der Waals surface area contributed by atoms with Gasteiger partial charge < -0.3 is 29.9 Å². The highest BCUT2D eigenvalue weighted by Gasteiger charge is 2.28. The standard InChI is InChI=1S/C22H33N5O5/c1-23-20(28)15-25-8-6-16(7-9-25)24-22(30)27-12-10-26(11-13-27)21(29)18-5-4-17(31-2)14-19(18)32-3/h4-5,14,16H,6-13,15H2,1-3H3,(H,23,28)(H,24,30). The Balaban J connectivity index is 1.46. The van der Waals surface area contributed by atoms with Crippen LogP contribution in [0.1, 0.15) is 23.2 Å². The van der Waals surface area contributed by atoms with Gasteiger partial charge in [0.05, 0.1) is 26.3 Å². The molecule has 0 unspecified atom stereocenters. The Hall–Kier alpha value is -3.01. The van der Waals surface area contributed by atoms with Crippen molar-refractivity contribution < 1.29 is 23.9 Å². The zero-order chi connectivity index (χ0) is 23.1. The van der Waals surface area contributed by atoms with E-state index in [1.54, 1.807) is 42.2 Å². The summed E-state index contributed by atoms with van der Waals surface area (Å²) in [6, 6.07) is 5.14. The van der Waals surface area contributed by atoms with Gasteiger partial charge in [0.15, 0.2) is 0 Å². The lowest BCUT2D eigenvalue weighted by Crippen LogP contribution is -2.56. The molecule has 1 aromatic carbocycles. The minimum atomic E-state index is -0.118. The van der Waals surface area contributed by atoms with Crippen LogP contribution in [0.25, 0.3) is 0 Å². The maximum absolute atomic E-state index is 13.0. The van der Waals surface area contributed by atoms with Crippen molar-refractivity contribution >= 4 is 17.8 Å². The monoisotopic (exact) mass is 447 g/mol. The fourth-order valence-corrected chi connectivity index (χ4v) is 4.04. The van der Waals surface area contributed by atoms with E-state index in [0.717, 1.165) is 25.9 Å². The lowest BCUT2D eigenvalue weighted by atomic mass is 10.1. The van der Waals surface area contributed by atoms with E-state index in [2.05, 4.69) is 15.5 Å². The van der Waals surface area contributed by atoms with Crippen molar-refractivity contribution in [2.24, 2.45) is 0 Å². The molecule has 0 atom stereocenters. The number of carbonyl (C=O) groups is 3. The summed E-state index contributed by atoms with van der Waals surface area (Å²) in [6.07, 6.45) is 1.64. The highest BCUT2D eigenvalue weighted by Crippen LogP contribution is 2.26. The normalized spacial score (nSPS) is 17.6. The lowest BCUT2D eigenvalue weighted by Gasteiger charge is -2.37. The molecular weight excluding hydrogens is 414 g/mol. The van der Waals surface area contributed by atoms with Gasteiger partial charge in [0.25, 0.3) is 5.91 Å². The van der Waals surface area contributed by atoms with Crippen LogP contribution in [0.15, 0.2) is 18.2 Å². The average Bonchev–Trinajstić information content (AvgIpc) is 2.84. The molecular formula is C22H33N5O5. The first kappa shape index (κ1) is 23.6. The number of nitrogens with zero attached hydrogens (tertiary/aromatic N) is 3. The Kier molecular flexibility index (Phi) is 8.15. The van der Waals surface area contributed by atoms with E-state index in [4.69, 9.17) is 9.47 Å². The molecule has 0 aliphatic carbocycles. The molecule has 2 N–H and O–H groups in total. The summed E-state index contributed by atoms with van der Waals surface area (Å²) in [6.45, 7) is 3.84. The predicted molar refractivity (Wildman–Crippen MR) is 119 cm³/mol. The molecule has 2 aliphatic heterocycles. The van der Waals surface area contributed by atoms with E-state index in [1.165, 1.54) is 7.11 Å². The van der Waals surface area contributed by atoms with Crippen LogP contribution in [0.5, 0.6) is 11.5 Å². The number of urea groups is 1. The molecule has 4 amide bonds. The van der Waals surface area contributed by atoms with Crippen LogP contribution in [-0.2, 0) is 4.79 Å². The van der Waals surface area contributed by atoms with Crippen molar-refractivity contribution in [1.82, 2.24) is 25.3 Å². The summed E-state index contributed by atoms with van der Waals surface area (Å²) in [4.78, 5) is 42.7. The van der Waals surface area contributed by atoms with Crippen molar-refractivity contribution in [3.8, 4) is 11.5 Å². The van der Waals surface area contributed by atoms with Crippen LogP contribution in [0.4, 0.5) is 4.79 Å². The molecule has 2 heterocycles. The third-order valence-corrected chi connectivity index (χ3v) is 6.05. The van der Waals surface area contributed by atoms with Crippen LogP contribution in [0.2, 0.25) is 0 Å². The van der Waals surface area contributed by atoms with E-state index in [-0.39, 0.29) is 23.9 Å². The van der Waals surface area contributed by atoms with E-state index in [1.807, 2.05) is 0 Å². The lowest BCUT2D eigenvalue weighted by molar-refractivity contribution is -0.122. The third kappa shape index (κ3) is 5.82. The molecule has 2 aliphatic rings. The molecule has 176 valence electrons. The number of likely N-dealkylation sites (tertiary alicyclic amines) is 1. The summed E-state index contributed by atoms with van der Waals surface area (Å²) in [5, 5.41) is 5.74. The fourth-order valence-electron chi connectivity index (χ4n) is 4.04. The molecule has 2 saturated heterocycles. The maximum Gasteiger partial charge on any atom is 0.317 e. The number of piperazine rings is 1. The van der Waals surface area contributed by atoms with Gasteiger partial charge in [0, 0.05) is 58.4 Å². The predicted octanol–water partition coefficient (Wildman–Crippen LogP) is 0.382. The summed E-state index contributed by atoms with van der Waals surface area (Å²) in [7, 11) is 4.72. The van der Waals surface area contributed by atoms with Crippen molar-refractivity contribution in [2.45, 2.75) is 18.9 Å². The van der Waals surface area contributed by atoms with Gasteiger partial charge in [0.2, 0.25) is 5.91 Å². The van der Waals surface area contributed by atoms with E-state index in [9.17, 15) is 14.4 Å². The summed E-state index contributed by atoms with van der Waals surface area (Å²) < 4.78 is 10.5. The molecule has 10 heteroatoms. The van der Waals surface area contributed by atoms with Gasteiger partial charge in [-0.05, 0) is 25.0 Å². The fraction of sp³-hybridized carbons (Fsp3) is 0.591. The average molecular weight is 448 g/mol. The first-order chi connectivity index (χ1) is 15.4. The molecule has 0 spiro atoms. The Bertz CT molecular complexity index is 817. The number of amides is 4. The van der Waals surface area contributed by atoms with Crippen molar-refractivity contribution in [1.29, 1.82) is 0 Å². The Labute approximate surface area is 188 Å². The van der Waals surface area contributed by atoms with Crippen LogP contribution in [-0.4, -0.2) is 106 Å². The van der Waals surface area contributed by atoms with Crippen LogP contribution in [0.3, 0.4) is 0 Å². The molecule has 32 heavy (non-hydrogen) atoms. The van der Waals surface area contributed by atoms with Gasteiger partial charge in [-0.2, -0.15) is 0 Å². The molecule has 1 aromatic rings. The summed E-state index contributed by atoms with van der Waals surface area (Å²) in [5.74, 6) is 0.983. The molecule has 0 saturated carbocycles. The minimum Gasteiger partial charge on any atom is -0.497 e. The minimum absolute atomic E-state index is 0.00663. The second-order valence-corrected chi connectivity index (χ2v) is 8.02. The van der Waals surface area contributed by atoms with E-state index in [0.29, 0.717) is 49.8 Å². The zero-order valence-corrected chi connectivity index (χ0v) is 19.1. The molecule has 0 aromatic heterocycles. The van der Waals surface area contributed by atoms with E-state index >= 15 is 0 Å². The smallest absolute Gasteiger partial charge is 0.317 e. The van der Waals surface area contributed by atoms with Crippen molar-refractivity contribution in [3.63, 3.8) is 0 Å². The SMILES string of the molecule is CNC(=O)CN1CCC(NC(=O)N2CCN(C(=O)c3ccc(OC)cc3OC)CC2)CC1. The van der Waals surface area contributed by atoms with Gasteiger partial charge in [-0.25, -0.2) is 4.79 Å². The number of hydrogen-bond donors (Lipinski definition) is 2. The largest absolute Gasteiger partial charge is 0.497 e. The van der Waals surface area contributed by atoms with Gasteiger partial charge in [-0.3, -0.25) is 14.5 Å². The number of piperidine rings is 1. The van der Waals surface area contributed by atoms with Crippen LogP contribution in [0, 0.1) is 0 Å². The maximum atomic E-state index is 13.0. The number of hydrogen-bond acceptors (Lipinski definition) is 6. The number of nitrogens with one attached hydrogen (secondary N) is 2. The Morgan fingerprint density at radius 3 is 2.22 bits per heavy atom. The van der Waals surface area contributed by atoms with Crippen molar-refractivity contribution in [3.05, 3.63) is 23.8 Å². The second kappa shape index (κ2) is 11.0. The van der Waals surface area contributed by atoms with Crippen molar-refractivity contribution in [2.75, 3.05) is 67.1 Å². The number of ether oxygens (including phenoxy) is 2. The number of rotatable bonds is 6. The third-order valence-electron chi connectivity index (χ3n) is 6.05. The summed E-state index contributed by atoms with van der Waals surface area (Å²) in [5.41, 5.74) is 0.481. The van der Waals surface area contributed by atoms with Gasteiger partial charge in [0.1, 0.15) is 11.5 Å². The highest BCUT2D eigenvalue weighted by atomic mass is 16.5. The first-order valence-corrected chi connectivity index (χ1v) is 10.9. The number of benzene rings is 1. The topological polar surface area (TPSA) is 103 Å². The number of likely N-dealkylation sites (N-methyl/N-ethyl adjacent to an activating group) is 1. The zero-order valence-electron chi connectivity index (χ0n) is 19.1. The Morgan fingerprint density at radius 2 is 1.62 bits per heavy atom. The molecule has 3 rings (SSSR count). The van der Waals surface area contributed by atoms with Crippen LogP contribution >= 0.6 is 0 Å². The van der Waals surface area contributed by atoms with E-state index < -0.39 is 0 Å². The Morgan fingerprint density at radius 1 is 0.969 bits per heavy atom. The summed E-state index contributed by atoms with van der Waals surface area (Å²) >= 11 is 0. The highest BCUT2D eigenvalue weighted by molar-refractivity contribution is 5.97. The van der Waals surface area contributed by atoms with Gasteiger partial charge in [-0.1, -0.05) is 0 Å². The number of methoxy groups -OCH3 is 2. The first-order valence-electron chi connectivity index (χ1n) is 10.9. The van der Waals surface area contributed by atoms with Crippen LogP contribution < -0.4 is 20.1 Å². The second-order valence-electron chi connectivity index (χ2n) is 8.02. The molecule has 0 bridgehead atoms. The van der Waals surface area contributed by atoms with Gasteiger partial charge >= 0.3 is 6.03 Å². The number of carbonyl (C=O) groups excluding carboxylic acids is 3.